The molecule has 2 nitrogen and oxygen atoms in total. The first-order valence-electron chi connectivity index (χ1n) is 8.25. The van der Waals surface area contributed by atoms with Gasteiger partial charge in [0.25, 0.3) is 0 Å². The average Bonchev–Trinajstić information content (AvgIpc) is 2.45. The van der Waals surface area contributed by atoms with Crippen LogP contribution in [0.2, 0.25) is 0 Å². The summed E-state index contributed by atoms with van der Waals surface area (Å²) in [5.41, 5.74) is -0.225. The van der Waals surface area contributed by atoms with Crippen molar-refractivity contribution in [3.63, 3.8) is 0 Å². The van der Waals surface area contributed by atoms with Crippen LogP contribution in [0.15, 0.2) is 0 Å². The highest BCUT2D eigenvalue weighted by molar-refractivity contribution is 5.76. The normalized spacial score (nSPS) is 11.6. The Kier molecular flexibility index (Phi) is 11.0. The second-order valence-electron chi connectivity index (χ2n) is 5.70. The Morgan fingerprint density at radius 2 is 1.32 bits per heavy atom. The zero-order chi connectivity index (χ0) is 14.6. The van der Waals surface area contributed by atoms with Crippen LogP contribution < -0.4 is 0 Å². The molecule has 0 aliphatic heterocycles. The molecule has 19 heavy (non-hydrogen) atoms. The van der Waals surface area contributed by atoms with Crippen molar-refractivity contribution in [1.82, 2.24) is 0 Å². The van der Waals surface area contributed by atoms with E-state index >= 15 is 0 Å². The summed E-state index contributed by atoms with van der Waals surface area (Å²) < 4.78 is 4.98. The van der Waals surface area contributed by atoms with E-state index in [1.165, 1.54) is 52.1 Å². The SMILES string of the molecule is CCCCCCCCCCC(CC)(CC)C(=O)OC. The second-order valence-corrected chi connectivity index (χ2v) is 5.70. The predicted octanol–water partition coefficient (Wildman–Crippen LogP) is 5.50. The molecule has 0 aliphatic carbocycles. The van der Waals surface area contributed by atoms with E-state index in [2.05, 4.69) is 20.8 Å². The molecule has 0 rings (SSSR count). The lowest BCUT2D eigenvalue weighted by atomic mass is 9.77. The van der Waals surface area contributed by atoms with Crippen LogP contribution in [0.3, 0.4) is 0 Å². The molecule has 0 heterocycles. The topological polar surface area (TPSA) is 26.3 Å². The smallest absolute Gasteiger partial charge is 0.311 e. The van der Waals surface area contributed by atoms with Gasteiger partial charge in [0.2, 0.25) is 0 Å². The van der Waals surface area contributed by atoms with Gasteiger partial charge in [0, 0.05) is 0 Å². The standard InChI is InChI=1S/C17H34O2/c1-5-8-9-10-11-12-13-14-15-17(6-2,7-3)16(18)19-4/h5-15H2,1-4H3. The Morgan fingerprint density at radius 1 is 0.842 bits per heavy atom. The molecule has 0 aliphatic rings. The van der Waals surface area contributed by atoms with Crippen molar-refractivity contribution in [2.75, 3.05) is 7.11 Å². The Hall–Kier alpha value is -0.530. The van der Waals surface area contributed by atoms with Crippen molar-refractivity contribution in [2.45, 2.75) is 91.4 Å². The molecule has 0 atom stereocenters. The van der Waals surface area contributed by atoms with E-state index in [9.17, 15) is 4.79 Å². The van der Waals surface area contributed by atoms with Gasteiger partial charge in [-0.3, -0.25) is 4.79 Å². The van der Waals surface area contributed by atoms with Crippen LogP contribution in [-0.2, 0) is 9.53 Å². The number of unbranched alkanes of at least 4 members (excludes halogenated alkanes) is 7. The van der Waals surface area contributed by atoms with Crippen LogP contribution in [0.5, 0.6) is 0 Å². The fourth-order valence-electron chi connectivity index (χ4n) is 2.81. The number of carbonyl (C=O) groups excluding carboxylic acids is 1. The van der Waals surface area contributed by atoms with E-state index in [1.807, 2.05) is 0 Å². The molecule has 0 amide bonds. The maximum Gasteiger partial charge on any atom is 0.311 e. The van der Waals surface area contributed by atoms with Crippen molar-refractivity contribution in [3.05, 3.63) is 0 Å². The molecule has 2 heteroatoms. The Labute approximate surface area is 120 Å². The average molecular weight is 270 g/mol. The van der Waals surface area contributed by atoms with Gasteiger partial charge in [0.05, 0.1) is 12.5 Å². The minimum atomic E-state index is -0.225. The molecule has 0 spiro atoms. The third-order valence-corrected chi connectivity index (χ3v) is 4.48. The molecule has 114 valence electrons. The van der Waals surface area contributed by atoms with E-state index in [1.54, 1.807) is 0 Å². The highest BCUT2D eigenvalue weighted by Crippen LogP contribution is 2.34. The summed E-state index contributed by atoms with van der Waals surface area (Å²) in [6.45, 7) is 6.46. The maximum absolute atomic E-state index is 11.9. The molecule has 0 fully saturated rings. The molecule has 0 aromatic rings. The Balaban J connectivity index is 3.79. The fourth-order valence-corrected chi connectivity index (χ4v) is 2.81. The first-order valence-corrected chi connectivity index (χ1v) is 8.25. The van der Waals surface area contributed by atoms with Gasteiger partial charge in [-0.25, -0.2) is 0 Å². The zero-order valence-electron chi connectivity index (χ0n) is 13.6. The Morgan fingerprint density at radius 3 is 1.74 bits per heavy atom. The van der Waals surface area contributed by atoms with E-state index in [-0.39, 0.29) is 11.4 Å². The van der Waals surface area contributed by atoms with Crippen molar-refractivity contribution < 1.29 is 9.53 Å². The van der Waals surface area contributed by atoms with Crippen LogP contribution in [0.1, 0.15) is 91.4 Å². The van der Waals surface area contributed by atoms with Gasteiger partial charge in [-0.15, -0.1) is 0 Å². The van der Waals surface area contributed by atoms with Crippen molar-refractivity contribution in [2.24, 2.45) is 5.41 Å². The minimum absolute atomic E-state index is 0.0135. The first kappa shape index (κ1) is 18.5. The summed E-state index contributed by atoms with van der Waals surface area (Å²) in [6, 6.07) is 0. The van der Waals surface area contributed by atoms with E-state index < -0.39 is 0 Å². The minimum Gasteiger partial charge on any atom is -0.469 e. The molecular formula is C17H34O2. The predicted molar refractivity (Wildman–Crippen MR) is 82.3 cm³/mol. The summed E-state index contributed by atoms with van der Waals surface area (Å²) in [5.74, 6) is -0.0135. The summed E-state index contributed by atoms with van der Waals surface area (Å²) in [4.78, 5) is 11.9. The second kappa shape index (κ2) is 11.3. The van der Waals surface area contributed by atoms with Crippen LogP contribution >= 0.6 is 0 Å². The van der Waals surface area contributed by atoms with Crippen molar-refractivity contribution >= 4 is 5.97 Å². The lowest BCUT2D eigenvalue weighted by Gasteiger charge is -2.28. The number of hydrogen-bond donors (Lipinski definition) is 0. The number of carbonyl (C=O) groups is 1. The lowest BCUT2D eigenvalue weighted by molar-refractivity contribution is -0.154. The molecular weight excluding hydrogens is 236 g/mol. The van der Waals surface area contributed by atoms with Gasteiger partial charge >= 0.3 is 5.97 Å². The molecule has 0 saturated heterocycles. The highest BCUT2D eigenvalue weighted by Gasteiger charge is 2.35. The van der Waals surface area contributed by atoms with Gasteiger partial charge in [-0.1, -0.05) is 72.1 Å². The van der Waals surface area contributed by atoms with Crippen LogP contribution in [0.25, 0.3) is 0 Å². The van der Waals surface area contributed by atoms with Crippen molar-refractivity contribution in [1.29, 1.82) is 0 Å². The number of esters is 1. The molecule has 0 saturated carbocycles. The van der Waals surface area contributed by atoms with Crippen molar-refractivity contribution in [3.8, 4) is 0 Å². The molecule has 0 aromatic heterocycles. The van der Waals surface area contributed by atoms with Gasteiger partial charge in [0.1, 0.15) is 0 Å². The van der Waals surface area contributed by atoms with Gasteiger partial charge < -0.3 is 4.74 Å². The van der Waals surface area contributed by atoms with E-state index in [0.29, 0.717) is 0 Å². The third-order valence-electron chi connectivity index (χ3n) is 4.48. The summed E-state index contributed by atoms with van der Waals surface area (Å²) in [6.07, 6.45) is 13.3. The van der Waals surface area contributed by atoms with Gasteiger partial charge in [0.15, 0.2) is 0 Å². The summed E-state index contributed by atoms with van der Waals surface area (Å²) >= 11 is 0. The Bertz CT molecular complexity index is 219. The third kappa shape index (κ3) is 6.98. The fraction of sp³-hybridized carbons (Fsp3) is 0.941. The lowest BCUT2D eigenvalue weighted by Crippen LogP contribution is -2.31. The van der Waals surface area contributed by atoms with Crippen LogP contribution in [-0.4, -0.2) is 13.1 Å². The number of ether oxygens (including phenoxy) is 1. The van der Waals surface area contributed by atoms with Crippen LogP contribution in [0, 0.1) is 5.41 Å². The first-order chi connectivity index (χ1) is 9.16. The van der Waals surface area contributed by atoms with Crippen LogP contribution in [0.4, 0.5) is 0 Å². The van der Waals surface area contributed by atoms with Gasteiger partial charge in [-0.05, 0) is 19.3 Å². The summed E-state index contributed by atoms with van der Waals surface area (Å²) in [5, 5.41) is 0. The zero-order valence-corrected chi connectivity index (χ0v) is 13.6. The number of rotatable bonds is 12. The largest absolute Gasteiger partial charge is 0.469 e. The molecule has 0 unspecified atom stereocenters. The number of methoxy groups -OCH3 is 1. The highest BCUT2D eigenvalue weighted by atomic mass is 16.5. The molecule has 0 radical (unpaired) electrons. The maximum atomic E-state index is 11.9. The van der Waals surface area contributed by atoms with E-state index in [0.717, 1.165) is 25.7 Å². The molecule has 0 aromatic carbocycles. The molecule has 0 N–H and O–H groups in total. The van der Waals surface area contributed by atoms with Gasteiger partial charge in [-0.2, -0.15) is 0 Å². The summed E-state index contributed by atoms with van der Waals surface area (Å²) in [7, 11) is 1.51. The quantitative estimate of drug-likeness (QED) is 0.346. The monoisotopic (exact) mass is 270 g/mol. The number of hydrogen-bond acceptors (Lipinski definition) is 2. The van der Waals surface area contributed by atoms with E-state index in [4.69, 9.17) is 4.74 Å². The molecule has 0 bridgehead atoms.